The maximum Gasteiger partial charge on any atom is 0.338 e. The number of carboxylic acid groups (broad SMARTS) is 1. The standard InChI is InChI=1S/C15H12BrFO3/c1-9-2-5-14(12(16)6-9)20-8-10-3-4-11(15(18)19)13(17)7-10/h2-7H,8H2,1H3,(H,18,19). The summed E-state index contributed by atoms with van der Waals surface area (Å²) in [5, 5.41) is 8.75. The van der Waals surface area contributed by atoms with Gasteiger partial charge in [-0.05, 0) is 58.2 Å². The van der Waals surface area contributed by atoms with Crippen molar-refractivity contribution < 1.29 is 19.0 Å². The molecule has 0 aliphatic rings. The van der Waals surface area contributed by atoms with Gasteiger partial charge >= 0.3 is 5.97 Å². The van der Waals surface area contributed by atoms with Gasteiger partial charge < -0.3 is 9.84 Å². The number of halogens is 2. The van der Waals surface area contributed by atoms with Crippen molar-refractivity contribution in [3.05, 3.63) is 63.4 Å². The van der Waals surface area contributed by atoms with E-state index in [9.17, 15) is 9.18 Å². The number of carbonyl (C=O) groups is 1. The van der Waals surface area contributed by atoms with Crippen molar-refractivity contribution in [1.82, 2.24) is 0 Å². The highest BCUT2D eigenvalue weighted by Gasteiger charge is 2.10. The molecule has 0 heterocycles. The fourth-order valence-electron chi connectivity index (χ4n) is 1.71. The third-order valence-electron chi connectivity index (χ3n) is 2.75. The van der Waals surface area contributed by atoms with Crippen LogP contribution in [0.15, 0.2) is 40.9 Å². The normalized spacial score (nSPS) is 10.3. The van der Waals surface area contributed by atoms with Gasteiger partial charge in [-0.25, -0.2) is 9.18 Å². The molecule has 0 aromatic heterocycles. The smallest absolute Gasteiger partial charge is 0.338 e. The Bertz CT molecular complexity index is 656. The third-order valence-corrected chi connectivity index (χ3v) is 3.37. The molecule has 2 aromatic rings. The van der Waals surface area contributed by atoms with Crippen molar-refractivity contribution in [3.63, 3.8) is 0 Å². The lowest BCUT2D eigenvalue weighted by molar-refractivity contribution is 0.0692. The second-order valence-corrected chi connectivity index (χ2v) is 5.20. The number of benzene rings is 2. The van der Waals surface area contributed by atoms with E-state index < -0.39 is 11.8 Å². The van der Waals surface area contributed by atoms with Gasteiger partial charge in [0, 0.05) is 0 Å². The van der Waals surface area contributed by atoms with E-state index in [1.165, 1.54) is 18.2 Å². The average Bonchev–Trinajstić information content (AvgIpc) is 2.37. The molecule has 0 fully saturated rings. The first-order chi connectivity index (χ1) is 9.47. The van der Waals surface area contributed by atoms with E-state index in [1.807, 2.05) is 25.1 Å². The zero-order valence-corrected chi connectivity index (χ0v) is 12.3. The fourth-order valence-corrected chi connectivity index (χ4v) is 2.31. The number of aromatic carboxylic acids is 1. The molecule has 0 spiro atoms. The maximum absolute atomic E-state index is 13.5. The van der Waals surface area contributed by atoms with Gasteiger partial charge in [0.15, 0.2) is 0 Å². The molecule has 20 heavy (non-hydrogen) atoms. The van der Waals surface area contributed by atoms with Crippen LogP contribution in [0.2, 0.25) is 0 Å². The van der Waals surface area contributed by atoms with Crippen LogP contribution in [0.1, 0.15) is 21.5 Å². The minimum Gasteiger partial charge on any atom is -0.488 e. The van der Waals surface area contributed by atoms with Crippen LogP contribution in [0.25, 0.3) is 0 Å². The summed E-state index contributed by atoms with van der Waals surface area (Å²) in [6.45, 7) is 2.13. The highest BCUT2D eigenvalue weighted by molar-refractivity contribution is 9.10. The molecular formula is C15H12BrFO3. The van der Waals surface area contributed by atoms with Crippen LogP contribution in [-0.2, 0) is 6.61 Å². The summed E-state index contributed by atoms with van der Waals surface area (Å²) < 4.78 is 19.9. The van der Waals surface area contributed by atoms with Gasteiger partial charge in [0.25, 0.3) is 0 Å². The van der Waals surface area contributed by atoms with E-state index in [2.05, 4.69) is 15.9 Å². The molecule has 0 unspecified atom stereocenters. The first kappa shape index (κ1) is 14.5. The van der Waals surface area contributed by atoms with Gasteiger partial charge in [0.2, 0.25) is 0 Å². The Morgan fingerprint density at radius 1 is 1.30 bits per heavy atom. The van der Waals surface area contributed by atoms with E-state index in [-0.39, 0.29) is 12.2 Å². The molecule has 1 N–H and O–H groups in total. The summed E-state index contributed by atoms with van der Waals surface area (Å²) in [7, 11) is 0. The summed E-state index contributed by atoms with van der Waals surface area (Å²) in [4.78, 5) is 10.7. The highest BCUT2D eigenvalue weighted by Crippen LogP contribution is 2.26. The third kappa shape index (κ3) is 3.36. The van der Waals surface area contributed by atoms with Crippen molar-refractivity contribution in [1.29, 1.82) is 0 Å². The Hall–Kier alpha value is -1.88. The second kappa shape index (κ2) is 6.05. The Morgan fingerprint density at radius 2 is 2.05 bits per heavy atom. The van der Waals surface area contributed by atoms with E-state index >= 15 is 0 Å². The molecular weight excluding hydrogens is 327 g/mol. The van der Waals surface area contributed by atoms with Crippen LogP contribution in [0.3, 0.4) is 0 Å². The van der Waals surface area contributed by atoms with E-state index in [4.69, 9.17) is 9.84 Å². The molecule has 0 bridgehead atoms. The average molecular weight is 339 g/mol. The van der Waals surface area contributed by atoms with Crippen molar-refractivity contribution in [2.75, 3.05) is 0 Å². The van der Waals surface area contributed by atoms with Gasteiger partial charge in [-0.2, -0.15) is 0 Å². The Labute approximate surface area is 124 Å². The number of hydrogen-bond donors (Lipinski definition) is 1. The van der Waals surface area contributed by atoms with Crippen LogP contribution in [-0.4, -0.2) is 11.1 Å². The number of hydrogen-bond acceptors (Lipinski definition) is 2. The van der Waals surface area contributed by atoms with Gasteiger partial charge in [-0.1, -0.05) is 12.1 Å². The van der Waals surface area contributed by atoms with E-state index in [0.717, 1.165) is 10.0 Å². The van der Waals surface area contributed by atoms with Gasteiger partial charge in [0.05, 0.1) is 10.0 Å². The molecule has 2 rings (SSSR count). The van der Waals surface area contributed by atoms with E-state index in [0.29, 0.717) is 11.3 Å². The highest BCUT2D eigenvalue weighted by atomic mass is 79.9. The number of rotatable bonds is 4. The molecule has 2 aromatic carbocycles. The monoisotopic (exact) mass is 338 g/mol. The van der Waals surface area contributed by atoms with Gasteiger partial charge in [-0.15, -0.1) is 0 Å². The fraction of sp³-hybridized carbons (Fsp3) is 0.133. The summed E-state index contributed by atoms with van der Waals surface area (Å²) in [5.41, 5.74) is 1.33. The van der Waals surface area contributed by atoms with Gasteiger partial charge in [-0.3, -0.25) is 0 Å². The molecule has 0 amide bonds. The molecule has 0 saturated carbocycles. The Balaban J connectivity index is 2.11. The predicted molar refractivity (Wildman–Crippen MR) is 76.6 cm³/mol. The molecule has 0 aliphatic carbocycles. The minimum atomic E-state index is -1.28. The van der Waals surface area contributed by atoms with E-state index in [1.54, 1.807) is 0 Å². The van der Waals surface area contributed by atoms with Crippen LogP contribution in [0.4, 0.5) is 4.39 Å². The molecule has 5 heteroatoms. The molecule has 0 radical (unpaired) electrons. The lowest BCUT2D eigenvalue weighted by atomic mass is 10.1. The summed E-state index contributed by atoms with van der Waals surface area (Å²) >= 11 is 3.39. The van der Waals surface area contributed by atoms with Crippen LogP contribution < -0.4 is 4.74 Å². The molecule has 0 atom stereocenters. The lowest BCUT2D eigenvalue weighted by Crippen LogP contribution is -2.03. The quantitative estimate of drug-likeness (QED) is 0.909. The zero-order valence-electron chi connectivity index (χ0n) is 10.7. The van der Waals surface area contributed by atoms with Crippen LogP contribution >= 0.6 is 15.9 Å². The first-order valence-corrected chi connectivity index (χ1v) is 6.67. The molecule has 0 saturated heterocycles. The SMILES string of the molecule is Cc1ccc(OCc2ccc(C(=O)O)c(F)c2)c(Br)c1. The predicted octanol–water partition coefficient (Wildman–Crippen LogP) is 4.17. The Morgan fingerprint density at radius 3 is 2.65 bits per heavy atom. The van der Waals surface area contributed by atoms with Crippen molar-refractivity contribution in [3.8, 4) is 5.75 Å². The second-order valence-electron chi connectivity index (χ2n) is 4.34. The summed E-state index contributed by atoms with van der Waals surface area (Å²) in [6, 6.07) is 9.60. The van der Waals surface area contributed by atoms with Crippen LogP contribution in [0.5, 0.6) is 5.75 Å². The summed E-state index contributed by atoms with van der Waals surface area (Å²) in [5.74, 6) is -1.39. The number of carboxylic acids is 1. The van der Waals surface area contributed by atoms with Gasteiger partial charge in [0.1, 0.15) is 18.2 Å². The topological polar surface area (TPSA) is 46.5 Å². The first-order valence-electron chi connectivity index (χ1n) is 5.88. The zero-order chi connectivity index (χ0) is 14.7. The van der Waals surface area contributed by atoms with Crippen LogP contribution in [0, 0.1) is 12.7 Å². The molecule has 0 aliphatic heterocycles. The number of aryl methyl sites for hydroxylation is 1. The lowest BCUT2D eigenvalue weighted by Gasteiger charge is -2.09. The number of ether oxygens (including phenoxy) is 1. The Kier molecular flexibility index (Phi) is 4.39. The maximum atomic E-state index is 13.5. The van der Waals surface area contributed by atoms with Crippen molar-refractivity contribution in [2.45, 2.75) is 13.5 Å². The summed E-state index contributed by atoms with van der Waals surface area (Å²) in [6.07, 6.45) is 0. The minimum absolute atomic E-state index is 0.165. The van der Waals surface area contributed by atoms with Crippen molar-refractivity contribution >= 4 is 21.9 Å². The molecule has 3 nitrogen and oxygen atoms in total. The largest absolute Gasteiger partial charge is 0.488 e. The molecule has 104 valence electrons. The van der Waals surface area contributed by atoms with Crippen molar-refractivity contribution in [2.24, 2.45) is 0 Å².